The zero-order valence-corrected chi connectivity index (χ0v) is 26.3. The number of anilines is 1. The first-order chi connectivity index (χ1) is 21.2. The predicted octanol–water partition coefficient (Wildman–Crippen LogP) is 4.92. The molecule has 4 aromatic rings. The summed E-state index contributed by atoms with van der Waals surface area (Å²) in [7, 11) is 7.05. The summed E-state index contributed by atoms with van der Waals surface area (Å²) in [6, 6.07) is 11.7. The van der Waals surface area contributed by atoms with E-state index in [4.69, 9.17) is 18.7 Å². The van der Waals surface area contributed by atoms with E-state index in [1.54, 1.807) is 28.3 Å². The lowest BCUT2D eigenvalue weighted by atomic mass is 9.68. The van der Waals surface area contributed by atoms with Gasteiger partial charge in [0.1, 0.15) is 28.6 Å². The van der Waals surface area contributed by atoms with Crippen molar-refractivity contribution in [2.24, 2.45) is 7.05 Å². The fourth-order valence-corrected chi connectivity index (χ4v) is 7.21. The van der Waals surface area contributed by atoms with Crippen LogP contribution in [0.3, 0.4) is 0 Å². The lowest BCUT2D eigenvalue weighted by Gasteiger charge is -2.50. The van der Waals surface area contributed by atoms with Crippen molar-refractivity contribution in [1.29, 1.82) is 0 Å². The Bertz CT molecular complexity index is 1640. The number of carbonyl (C=O) groups excluding carboxylic acids is 1. The number of hydrogen-bond acceptors (Lipinski definition) is 8. The molecule has 1 atom stereocenters. The Kier molecular flexibility index (Phi) is 7.93. The van der Waals surface area contributed by atoms with E-state index < -0.39 is 0 Å². The molecular weight excluding hydrogens is 562 g/mol. The van der Waals surface area contributed by atoms with Crippen molar-refractivity contribution in [2.75, 3.05) is 52.9 Å². The Hall–Kier alpha value is -4.22. The van der Waals surface area contributed by atoms with E-state index in [2.05, 4.69) is 39.1 Å². The molecule has 44 heavy (non-hydrogen) atoms. The second kappa shape index (κ2) is 11.7. The number of likely N-dealkylation sites (tertiary alicyclic amines) is 1. The fourth-order valence-electron chi connectivity index (χ4n) is 7.21. The number of urea groups is 1. The number of fused-ring (bicyclic) bond motifs is 4. The van der Waals surface area contributed by atoms with Gasteiger partial charge in [0.25, 0.3) is 0 Å². The molecule has 1 saturated heterocycles. The largest absolute Gasteiger partial charge is 0.497 e. The van der Waals surface area contributed by atoms with Crippen molar-refractivity contribution in [3.05, 3.63) is 64.7 Å². The average Bonchev–Trinajstić information content (AvgIpc) is 3.52. The number of piperidine rings is 1. The maximum absolute atomic E-state index is 13.4. The lowest BCUT2D eigenvalue weighted by Crippen LogP contribution is -2.55. The summed E-state index contributed by atoms with van der Waals surface area (Å²) in [6.07, 6.45) is 1.55. The molecule has 2 N–H and O–H groups in total. The minimum atomic E-state index is -0.238. The van der Waals surface area contributed by atoms with Crippen molar-refractivity contribution in [1.82, 2.24) is 19.5 Å². The van der Waals surface area contributed by atoms with Gasteiger partial charge in [-0.15, -0.1) is 0 Å². The summed E-state index contributed by atoms with van der Waals surface area (Å²) in [4.78, 5) is 17.6. The number of ether oxygens (including phenoxy) is 3. The summed E-state index contributed by atoms with van der Waals surface area (Å²) in [6.45, 7) is 6.09. The molecule has 1 fully saturated rings. The monoisotopic (exact) mass is 603 g/mol. The number of hydrogen-bond donors (Lipinski definition) is 2. The van der Waals surface area contributed by atoms with Crippen LogP contribution in [0, 0.1) is 13.8 Å². The van der Waals surface area contributed by atoms with E-state index in [0.29, 0.717) is 36.8 Å². The van der Waals surface area contributed by atoms with Crippen LogP contribution in [0.2, 0.25) is 0 Å². The van der Waals surface area contributed by atoms with Crippen molar-refractivity contribution in [3.8, 4) is 17.2 Å². The summed E-state index contributed by atoms with van der Waals surface area (Å²) in [5.74, 6) is 2.83. The Morgan fingerprint density at radius 1 is 1.05 bits per heavy atom. The minimum absolute atomic E-state index is 0.0303. The summed E-state index contributed by atoms with van der Waals surface area (Å²) in [5, 5.41) is 19.0. The van der Waals surface area contributed by atoms with Crippen LogP contribution in [0.5, 0.6) is 17.2 Å². The zero-order chi connectivity index (χ0) is 31.2. The number of amides is 2. The molecule has 0 aliphatic carbocycles. The molecule has 0 saturated carbocycles. The fraction of sp³-hybridized carbons (Fsp3) is 0.455. The summed E-state index contributed by atoms with van der Waals surface area (Å²) < 4.78 is 24.2. The number of nitrogens with one attached hydrogen (secondary N) is 1. The first kappa shape index (κ1) is 29.8. The smallest absolute Gasteiger partial charge is 0.321 e. The Morgan fingerprint density at radius 2 is 1.73 bits per heavy atom. The molecule has 0 bridgehead atoms. The molecule has 11 nitrogen and oxygen atoms in total. The van der Waals surface area contributed by atoms with Gasteiger partial charge in [-0.1, -0.05) is 5.16 Å². The van der Waals surface area contributed by atoms with Gasteiger partial charge >= 0.3 is 6.03 Å². The molecule has 2 amide bonds. The number of aryl methyl sites for hydroxylation is 3. The van der Waals surface area contributed by atoms with Crippen LogP contribution in [0.25, 0.3) is 10.9 Å². The van der Waals surface area contributed by atoms with Gasteiger partial charge in [-0.3, -0.25) is 4.90 Å². The van der Waals surface area contributed by atoms with Crippen LogP contribution < -0.4 is 19.5 Å². The third kappa shape index (κ3) is 5.03. The predicted molar refractivity (Wildman–Crippen MR) is 167 cm³/mol. The quantitative estimate of drug-likeness (QED) is 0.306. The third-order valence-electron chi connectivity index (χ3n) is 9.49. The number of benzene rings is 2. The molecule has 2 aliphatic heterocycles. The van der Waals surface area contributed by atoms with Gasteiger partial charge in [0, 0.05) is 61.9 Å². The van der Waals surface area contributed by atoms with Crippen molar-refractivity contribution >= 4 is 22.6 Å². The SMILES string of the molecule is COc1cc(CN2CC3(CCN(C(=O)Nc4c(C)noc4C)CC3)c3c(n(C)c4cc(OC)ccc34)[C@H]2CO)cc(OC)c1. The Balaban J connectivity index is 1.38. The number of nitrogens with zero attached hydrogens (tertiary/aromatic N) is 4. The molecule has 2 aliphatic rings. The van der Waals surface area contributed by atoms with Gasteiger partial charge < -0.3 is 38.6 Å². The average molecular weight is 604 g/mol. The highest BCUT2D eigenvalue weighted by Gasteiger charge is 2.48. The zero-order valence-electron chi connectivity index (χ0n) is 26.3. The van der Waals surface area contributed by atoms with Gasteiger partial charge in [0.2, 0.25) is 0 Å². The van der Waals surface area contributed by atoms with Crippen molar-refractivity contribution in [2.45, 2.75) is 44.7 Å². The highest BCUT2D eigenvalue weighted by molar-refractivity contribution is 5.91. The summed E-state index contributed by atoms with van der Waals surface area (Å²) >= 11 is 0. The van der Waals surface area contributed by atoms with Crippen LogP contribution in [-0.2, 0) is 19.0 Å². The minimum Gasteiger partial charge on any atom is -0.497 e. The van der Waals surface area contributed by atoms with E-state index in [9.17, 15) is 9.90 Å². The standard InChI is InChI=1S/C33H41N5O6/c1-20-30(21(2)44-35-20)34-32(40)37-11-9-33(10-12-37)19-38(17-22-13-24(42-5)15-25(14-22)43-6)28(18-39)31-29(33)26-8-7-23(41-4)16-27(26)36(31)3/h7-8,13-16,28,39H,9-12,17-19H2,1-6H3,(H,34,40)/t28-/m1/s1. The van der Waals surface area contributed by atoms with Crippen molar-refractivity contribution in [3.63, 3.8) is 0 Å². The second-order valence-electron chi connectivity index (χ2n) is 11.9. The van der Waals surface area contributed by atoms with E-state index >= 15 is 0 Å². The van der Waals surface area contributed by atoms with Crippen molar-refractivity contribution < 1.29 is 28.6 Å². The normalized spacial score (nSPS) is 18.0. The second-order valence-corrected chi connectivity index (χ2v) is 11.9. The van der Waals surface area contributed by atoms with Crippen LogP contribution in [0.4, 0.5) is 10.5 Å². The molecule has 2 aromatic heterocycles. The van der Waals surface area contributed by atoms with Gasteiger partial charge in [0.05, 0.1) is 39.5 Å². The lowest BCUT2D eigenvalue weighted by molar-refractivity contribution is 0.0475. The van der Waals surface area contributed by atoms with E-state index in [0.717, 1.165) is 58.8 Å². The Morgan fingerprint density at radius 3 is 2.32 bits per heavy atom. The molecule has 0 radical (unpaired) electrons. The highest BCUT2D eigenvalue weighted by Crippen LogP contribution is 2.50. The van der Waals surface area contributed by atoms with Crippen LogP contribution in [0.1, 0.15) is 47.2 Å². The maximum Gasteiger partial charge on any atom is 0.321 e. The maximum atomic E-state index is 13.4. The van der Waals surface area contributed by atoms with E-state index in [1.165, 1.54) is 5.56 Å². The Labute approximate surface area is 257 Å². The van der Waals surface area contributed by atoms with Gasteiger partial charge in [-0.05, 0) is 62.1 Å². The molecule has 11 heteroatoms. The highest BCUT2D eigenvalue weighted by atomic mass is 16.5. The number of methoxy groups -OCH3 is 3. The first-order valence-corrected chi connectivity index (χ1v) is 14.9. The van der Waals surface area contributed by atoms with Gasteiger partial charge in [0.15, 0.2) is 5.76 Å². The molecule has 2 aromatic carbocycles. The van der Waals surface area contributed by atoms with Crippen LogP contribution in [0.15, 0.2) is 40.9 Å². The van der Waals surface area contributed by atoms with Gasteiger partial charge in [-0.25, -0.2) is 4.79 Å². The first-order valence-electron chi connectivity index (χ1n) is 14.9. The van der Waals surface area contributed by atoms with Crippen LogP contribution >= 0.6 is 0 Å². The number of aliphatic hydroxyl groups excluding tert-OH is 1. The molecule has 4 heterocycles. The van der Waals surface area contributed by atoms with E-state index in [-0.39, 0.29) is 24.1 Å². The number of rotatable bonds is 7. The summed E-state index contributed by atoms with van der Waals surface area (Å²) in [5.41, 5.74) is 5.52. The van der Waals surface area contributed by atoms with Gasteiger partial charge in [-0.2, -0.15) is 0 Å². The molecule has 0 unspecified atom stereocenters. The number of carbonyl (C=O) groups is 1. The number of aromatic nitrogens is 2. The molecular formula is C33H41N5O6. The molecule has 1 spiro atoms. The molecule has 6 rings (SSSR count). The molecule has 234 valence electrons. The topological polar surface area (TPSA) is 114 Å². The number of aliphatic hydroxyl groups is 1. The van der Waals surface area contributed by atoms with Crippen LogP contribution in [-0.4, -0.2) is 78.2 Å². The van der Waals surface area contributed by atoms with E-state index in [1.807, 2.05) is 36.1 Å². The third-order valence-corrected chi connectivity index (χ3v) is 9.49.